The molecule has 9 aromatic carbocycles. The molecule has 1 fully saturated rings. The number of rotatable bonds is 17. The molecule has 4 unspecified atom stereocenters. The summed E-state index contributed by atoms with van der Waals surface area (Å²) in [7, 11) is 1.53. The van der Waals surface area contributed by atoms with Crippen molar-refractivity contribution in [2.75, 3.05) is 103 Å². The number of halogens is 6. The van der Waals surface area contributed by atoms with E-state index in [1.165, 1.54) is 23.6 Å². The number of aromatic amines is 4. The number of likely N-dealkylation sites (N-methyl/N-ethyl adjacent to an activating group) is 1. The molecule has 0 radical (unpaired) electrons. The van der Waals surface area contributed by atoms with Gasteiger partial charge in [0.1, 0.15) is 36.2 Å². The molecule has 4 aromatic heterocycles. The SMILES string of the molecule is CCC(=O)Nc1ccc(C2c3[nH]c4ccc(Cl)cc4c3CCN2C(=O)Oc2ccc(Cl)cc2)cc1.CCOC(=O)N1CCc2c([nH]c3ccc(Cl)cc23)C1CC(C)C.CCOC(=O)N1CCc2c([nH]c3ccc(Cl)cc23)C1c1ccc(C(=O)N2CCN(CC)CC2)cc1.COCCOC(=O)Nc1ccc(C2c3[nH]c4ccc(Cl)cc4c3CCN2C(=O)Oc2ccc(Cl)cc2)cc1. The molecule has 6 N–H and O–H groups in total. The molecular weight excluding hydrogens is 1790 g/mol. The number of piperazine rings is 1. The summed E-state index contributed by atoms with van der Waals surface area (Å²) in [6.45, 7) is 19.6. The van der Waals surface area contributed by atoms with Crippen molar-refractivity contribution in [3.63, 3.8) is 0 Å². The first-order chi connectivity index (χ1) is 63.3. The molecule has 131 heavy (non-hydrogen) atoms. The summed E-state index contributed by atoms with van der Waals surface area (Å²) in [5.74, 6) is 1.30. The highest BCUT2D eigenvalue weighted by Crippen LogP contribution is 2.46. The van der Waals surface area contributed by atoms with Gasteiger partial charge in [0.25, 0.3) is 5.91 Å². The van der Waals surface area contributed by atoms with E-state index >= 15 is 0 Å². The third-order valence-corrected chi connectivity index (χ3v) is 25.5. The second-order valence-corrected chi connectivity index (χ2v) is 35.4. The maximum Gasteiger partial charge on any atom is 0.416 e. The van der Waals surface area contributed by atoms with Gasteiger partial charge in [-0.3, -0.25) is 34.5 Å². The van der Waals surface area contributed by atoms with Crippen LogP contribution in [0.4, 0.5) is 35.3 Å². The summed E-state index contributed by atoms with van der Waals surface area (Å²) in [6, 6.07) is 57.9. The number of benzene rings is 9. The Hall–Kier alpha value is -11.9. The fourth-order valence-corrected chi connectivity index (χ4v) is 18.7. The number of anilines is 2. The third kappa shape index (κ3) is 21.7. The Kier molecular flexibility index (Phi) is 30.4. The molecule has 682 valence electrons. The van der Waals surface area contributed by atoms with Gasteiger partial charge < -0.3 is 63.5 Å². The summed E-state index contributed by atoms with van der Waals surface area (Å²) < 4.78 is 32.0. The Bertz CT molecular complexity index is 6300. The molecule has 7 amide bonds. The maximum atomic E-state index is 13.4. The zero-order valence-electron chi connectivity index (χ0n) is 73.6. The van der Waals surface area contributed by atoms with E-state index in [1.807, 2.05) is 157 Å². The number of hydrogen-bond donors (Lipinski definition) is 6. The number of fused-ring (bicyclic) bond motifs is 12. The quantitative estimate of drug-likeness (QED) is 0.0365. The zero-order chi connectivity index (χ0) is 92.3. The smallest absolute Gasteiger partial charge is 0.416 e. The second kappa shape index (κ2) is 42.5. The number of ether oxygens (including phenoxy) is 6. The van der Waals surface area contributed by atoms with Crippen LogP contribution in [0, 0.1) is 5.92 Å². The maximum absolute atomic E-state index is 13.4. The van der Waals surface area contributed by atoms with E-state index < -0.39 is 30.4 Å². The van der Waals surface area contributed by atoms with Crippen molar-refractivity contribution in [2.45, 2.75) is 104 Å². The Labute approximate surface area is 789 Å². The average molecular weight is 1890 g/mol. The van der Waals surface area contributed by atoms with Gasteiger partial charge in [0.05, 0.1) is 25.9 Å². The van der Waals surface area contributed by atoms with Crippen molar-refractivity contribution >= 4 is 167 Å². The Morgan fingerprint density at radius 3 is 1.14 bits per heavy atom. The number of aromatic nitrogens is 4. The molecule has 0 spiro atoms. The van der Waals surface area contributed by atoms with Gasteiger partial charge in [0.2, 0.25) is 5.91 Å². The van der Waals surface area contributed by atoms with Crippen LogP contribution in [0.15, 0.2) is 194 Å². The van der Waals surface area contributed by atoms with Crippen LogP contribution < -0.4 is 20.1 Å². The summed E-state index contributed by atoms with van der Waals surface area (Å²) in [6.07, 6.45) is 2.06. The first-order valence-corrected chi connectivity index (χ1v) is 46.2. The molecule has 5 aliphatic heterocycles. The van der Waals surface area contributed by atoms with E-state index in [-0.39, 0.29) is 42.7 Å². The normalized spacial score (nSPS) is 16.3. The molecule has 1 saturated heterocycles. The molecule has 4 atom stereocenters. The summed E-state index contributed by atoms with van der Waals surface area (Å²) in [5, 5.41) is 13.7. The second-order valence-electron chi connectivity index (χ2n) is 32.7. The van der Waals surface area contributed by atoms with Crippen molar-refractivity contribution in [1.82, 2.24) is 49.3 Å². The van der Waals surface area contributed by atoms with Crippen LogP contribution in [0.2, 0.25) is 30.1 Å². The van der Waals surface area contributed by atoms with Gasteiger partial charge in [-0.2, -0.15) is 0 Å². The first-order valence-electron chi connectivity index (χ1n) is 43.9. The fourth-order valence-electron chi connectivity index (χ4n) is 17.8. The van der Waals surface area contributed by atoms with E-state index in [0.29, 0.717) is 131 Å². The summed E-state index contributed by atoms with van der Waals surface area (Å²) >= 11 is 37.0. The van der Waals surface area contributed by atoms with Gasteiger partial charge >= 0.3 is 30.5 Å². The molecule has 0 saturated carbocycles. The van der Waals surface area contributed by atoms with Crippen molar-refractivity contribution in [1.29, 1.82) is 0 Å². The average Bonchev–Trinajstić information content (AvgIpc) is 1.70. The topological polar surface area (TPSA) is 282 Å². The number of carbonyl (C=O) groups excluding carboxylic acids is 7. The van der Waals surface area contributed by atoms with Crippen LogP contribution in [0.25, 0.3) is 43.6 Å². The van der Waals surface area contributed by atoms with E-state index in [4.69, 9.17) is 98.0 Å². The molecule has 25 nitrogen and oxygen atoms in total. The van der Waals surface area contributed by atoms with E-state index in [1.54, 1.807) is 82.3 Å². The van der Waals surface area contributed by atoms with Crippen LogP contribution in [0.1, 0.15) is 151 Å². The third-order valence-electron chi connectivity index (χ3n) is 24.1. The van der Waals surface area contributed by atoms with Crippen molar-refractivity contribution in [3.8, 4) is 11.5 Å². The lowest BCUT2D eigenvalue weighted by Gasteiger charge is -2.36. The monoisotopic (exact) mass is 1890 g/mol. The number of methoxy groups -OCH3 is 1. The zero-order valence-corrected chi connectivity index (χ0v) is 78.1. The summed E-state index contributed by atoms with van der Waals surface area (Å²) in [5.41, 5.74) is 17.2. The lowest BCUT2D eigenvalue weighted by atomic mass is 9.92. The molecular formula is C100H102Cl6N12O13. The highest BCUT2D eigenvalue weighted by molar-refractivity contribution is 6.33. The van der Waals surface area contributed by atoms with Crippen LogP contribution in [0.5, 0.6) is 11.5 Å². The predicted molar refractivity (Wildman–Crippen MR) is 515 cm³/mol. The Balaban J connectivity index is 0.000000136. The lowest BCUT2D eigenvalue weighted by Crippen LogP contribution is -2.48. The van der Waals surface area contributed by atoms with Crippen LogP contribution >= 0.6 is 69.6 Å². The van der Waals surface area contributed by atoms with E-state index in [2.05, 4.69) is 56.2 Å². The van der Waals surface area contributed by atoms with Gasteiger partial charge in [0, 0.05) is 179 Å². The van der Waals surface area contributed by atoms with Gasteiger partial charge in [-0.1, -0.05) is 134 Å². The first kappa shape index (κ1) is 93.8. The minimum atomic E-state index is -0.574. The number of nitrogens with zero attached hydrogens (tertiary/aromatic N) is 6. The van der Waals surface area contributed by atoms with Gasteiger partial charge in [0.15, 0.2) is 0 Å². The standard InChI is InChI=1S/C28H25Cl2N3O5.C27H23Cl2N3O3.C27H31ClN4O3.C18H23ClN2O2/c1-36-14-15-37-27(34)31-20-7-2-17(3-8-20)26-25-22(23-16-19(30)6-11-24(23)32-25)12-13-33(26)28(35)38-21-9-4-18(29)5-10-21;1-2-24(33)30-19-8-3-16(4-9-19)26-25-21(22-15-18(29)7-12-23(22)31-25)13-14-32(26)27(34)35-20-10-5-17(28)6-11-20;1-3-30-13-15-31(16-14-30)26(33)19-7-5-18(6-8-19)25-24-21(11-12-32(25)27(34)35-4-2)22-17-20(28)9-10-23(22)29-24;1-4-23-18(22)21-8-7-13-14-10-12(19)5-6-15(14)20-17(13)16(21)9-11(2)3/h2-11,16,26,32H,12-15H2,1H3,(H,31,34);3-12,15,26,31H,2,13-14H2,1H3,(H,30,33);5-10,17,25,29H,3-4,11-16H2,1-2H3;5-6,10-11,16,20H,4,7-9H2,1-3H3. The fraction of sp³-hybridized carbons (Fsp3) is 0.310. The lowest BCUT2D eigenvalue weighted by molar-refractivity contribution is -0.115. The molecule has 0 aliphatic carbocycles. The molecule has 5 aliphatic rings. The highest BCUT2D eigenvalue weighted by Gasteiger charge is 2.41. The van der Waals surface area contributed by atoms with Crippen molar-refractivity contribution < 1.29 is 62.0 Å². The minimum Gasteiger partial charge on any atom is -0.450 e. The molecule has 9 heterocycles. The van der Waals surface area contributed by atoms with E-state index in [9.17, 15) is 33.6 Å². The van der Waals surface area contributed by atoms with Crippen molar-refractivity contribution in [3.05, 3.63) is 292 Å². The molecule has 0 bridgehead atoms. The number of hydrogen-bond acceptors (Lipinski definition) is 14. The van der Waals surface area contributed by atoms with Crippen LogP contribution in [-0.2, 0) is 49.4 Å². The Morgan fingerprint density at radius 2 is 0.756 bits per heavy atom. The summed E-state index contributed by atoms with van der Waals surface area (Å²) in [4.78, 5) is 114. The highest BCUT2D eigenvalue weighted by atomic mass is 35.5. The van der Waals surface area contributed by atoms with Crippen LogP contribution in [0.3, 0.4) is 0 Å². The number of carbonyl (C=O) groups is 7. The number of nitrogens with one attached hydrogen (secondary N) is 6. The number of amides is 7. The van der Waals surface area contributed by atoms with Gasteiger partial charge in [-0.05, 0) is 255 Å². The largest absolute Gasteiger partial charge is 0.450 e. The molecule has 18 rings (SSSR count). The van der Waals surface area contributed by atoms with Crippen molar-refractivity contribution in [2.24, 2.45) is 5.92 Å². The molecule has 31 heteroatoms. The van der Waals surface area contributed by atoms with Gasteiger partial charge in [-0.15, -0.1) is 0 Å². The van der Waals surface area contributed by atoms with Gasteiger partial charge in [-0.25, -0.2) is 24.0 Å². The van der Waals surface area contributed by atoms with Crippen LogP contribution in [-0.4, -0.2) is 184 Å². The Morgan fingerprint density at radius 1 is 0.397 bits per heavy atom. The number of H-pyrrole nitrogens is 4. The van der Waals surface area contributed by atoms with E-state index in [0.717, 1.165) is 139 Å². The molecule has 13 aromatic rings. The minimum absolute atomic E-state index is 0.0315. The predicted octanol–water partition coefficient (Wildman–Crippen LogP) is 23.4.